The molecular formula is C24H32F2N4O5S. The highest BCUT2D eigenvalue weighted by Gasteiger charge is 2.25. The molecule has 0 spiro atoms. The number of nitrogens with one attached hydrogen (secondary N) is 2. The molecule has 1 aromatic heterocycles. The zero-order chi connectivity index (χ0) is 26.2. The number of anilines is 1. The SMILES string of the molecule is COC(=O)c1c(OCc2cc(F)c(C)cc2F)nsc1NC(=O)NCCCC(C)N1CCCC(O)C1. The van der Waals surface area contributed by atoms with Crippen molar-refractivity contribution in [3.05, 3.63) is 40.5 Å². The van der Waals surface area contributed by atoms with Crippen molar-refractivity contribution in [1.29, 1.82) is 0 Å². The number of amides is 2. The number of β-amino-alcohol motifs (C(OH)–C–C–N with tert-alkyl or cyclic N) is 1. The van der Waals surface area contributed by atoms with E-state index in [0.717, 1.165) is 55.9 Å². The minimum Gasteiger partial charge on any atom is -0.471 e. The Balaban J connectivity index is 1.53. The predicted molar refractivity (Wildman–Crippen MR) is 131 cm³/mol. The molecule has 12 heteroatoms. The van der Waals surface area contributed by atoms with Gasteiger partial charge >= 0.3 is 12.0 Å². The monoisotopic (exact) mass is 526 g/mol. The van der Waals surface area contributed by atoms with E-state index in [0.29, 0.717) is 19.1 Å². The number of aryl methyl sites for hydroxylation is 1. The molecule has 9 nitrogen and oxygen atoms in total. The van der Waals surface area contributed by atoms with Gasteiger partial charge < -0.3 is 19.9 Å². The third-order valence-corrected chi connectivity index (χ3v) is 6.85. The maximum Gasteiger partial charge on any atom is 0.346 e. The lowest BCUT2D eigenvalue weighted by molar-refractivity contribution is 0.0482. The van der Waals surface area contributed by atoms with E-state index < -0.39 is 23.6 Å². The largest absolute Gasteiger partial charge is 0.471 e. The molecule has 1 saturated heterocycles. The number of aromatic nitrogens is 1. The number of carbonyl (C=O) groups is 2. The van der Waals surface area contributed by atoms with Crippen molar-refractivity contribution in [2.75, 3.05) is 32.1 Å². The summed E-state index contributed by atoms with van der Waals surface area (Å²) in [6.07, 6.45) is 3.13. The van der Waals surface area contributed by atoms with Crippen LogP contribution in [0.25, 0.3) is 0 Å². The van der Waals surface area contributed by atoms with Gasteiger partial charge in [-0.3, -0.25) is 10.2 Å². The van der Waals surface area contributed by atoms with E-state index in [9.17, 15) is 23.5 Å². The number of ether oxygens (including phenoxy) is 2. The molecular weight excluding hydrogens is 494 g/mol. The van der Waals surface area contributed by atoms with Crippen LogP contribution in [0.1, 0.15) is 54.1 Å². The van der Waals surface area contributed by atoms with E-state index in [2.05, 4.69) is 26.8 Å². The third-order valence-electron chi connectivity index (χ3n) is 6.10. The van der Waals surface area contributed by atoms with Crippen molar-refractivity contribution >= 4 is 28.5 Å². The molecule has 36 heavy (non-hydrogen) atoms. The maximum atomic E-state index is 14.1. The van der Waals surface area contributed by atoms with Gasteiger partial charge in [-0.25, -0.2) is 18.4 Å². The first-order valence-corrected chi connectivity index (χ1v) is 12.6. The molecule has 1 aromatic carbocycles. The molecule has 0 saturated carbocycles. The first-order valence-electron chi connectivity index (χ1n) is 11.8. The Kier molecular flexibility index (Phi) is 9.97. The van der Waals surface area contributed by atoms with Gasteiger partial charge in [0.2, 0.25) is 5.88 Å². The van der Waals surface area contributed by atoms with E-state index >= 15 is 0 Å². The number of carbonyl (C=O) groups excluding carboxylic acids is 2. The van der Waals surface area contributed by atoms with E-state index in [4.69, 9.17) is 9.47 Å². The highest BCUT2D eigenvalue weighted by molar-refractivity contribution is 7.11. The summed E-state index contributed by atoms with van der Waals surface area (Å²) in [5, 5.41) is 15.3. The van der Waals surface area contributed by atoms with Gasteiger partial charge in [-0.05, 0) is 75.3 Å². The topological polar surface area (TPSA) is 113 Å². The maximum absolute atomic E-state index is 14.1. The molecule has 0 radical (unpaired) electrons. The van der Waals surface area contributed by atoms with Crippen molar-refractivity contribution < 1.29 is 33.0 Å². The first kappa shape index (κ1) is 27.8. The molecule has 2 amide bonds. The summed E-state index contributed by atoms with van der Waals surface area (Å²) in [6, 6.07) is 1.85. The standard InChI is InChI=1S/C24H32F2N4O5S/c1-14-10-19(26)16(11-18(14)25)13-35-21-20(23(32)34-3)22(36-29-21)28-24(33)27-8-4-6-15(2)30-9-5-7-17(31)12-30/h10-11,15,17,31H,4-9,12-13H2,1-3H3,(H2,27,28,33). The average Bonchev–Trinajstić information content (AvgIpc) is 3.24. The van der Waals surface area contributed by atoms with Gasteiger partial charge in [0, 0.05) is 24.7 Å². The first-order chi connectivity index (χ1) is 17.2. The summed E-state index contributed by atoms with van der Waals surface area (Å²) in [4.78, 5) is 27.0. The lowest BCUT2D eigenvalue weighted by Gasteiger charge is -2.34. The number of rotatable bonds is 10. The van der Waals surface area contributed by atoms with Gasteiger partial charge in [0.15, 0.2) is 5.56 Å². The molecule has 1 fully saturated rings. The highest BCUT2D eigenvalue weighted by atomic mass is 32.1. The number of aliphatic hydroxyl groups is 1. The molecule has 0 aliphatic carbocycles. The van der Waals surface area contributed by atoms with Gasteiger partial charge in [0.05, 0.1) is 13.2 Å². The molecule has 2 aromatic rings. The van der Waals surface area contributed by atoms with Crippen molar-refractivity contribution in [3.8, 4) is 5.88 Å². The second-order valence-corrected chi connectivity index (χ2v) is 9.60. The number of urea groups is 1. The zero-order valence-electron chi connectivity index (χ0n) is 20.6. The van der Waals surface area contributed by atoms with Crippen molar-refractivity contribution in [1.82, 2.24) is 14.6 Å². The van der Waals surface area contributed by atoms with Gasteiger partial charge in [-0.15, -0.1) is 0 Å². The van der Waals surface area contributed by atoms with Crippen molar-refractivity contribution in [3.63, 3.8) is 0 Å². The normalized spacial score (nSPS) is 16.9. The quantitative estimate of drug-likeness (QED) is 0.318. The number of halogens is 2. The Morgan fingerprint density at radius 3 is 2.83 bits per heavy atom. The van der Waals surface area contributed by atoms with E-state index in [-0.39, 0.29) is 40.3 Å². The Morgan fingerprint density at radius 1 is 1.33 bits per heavy atom. The van der Waals surface area contributed by atoms with Crippen LogP contribution in [0.2, 0.25) is 0 Å². The molecule has 2 atom stereocenters. The molecule has 1 aliphatic heterocycles. The van der Waals surface area contributed by atoms with Gasteiger partial charge in [-0.2, -0.15) is 4.37 Å². The van der Waals surface area contributed by atoms with E-state index in [1.807, 2.05) is 0 Å². The molecule has 2 unspecified atom stereocenters. The lowest BCUT2D eigenvalue weighted by Crippen LogP contribution is -2.43. The number of nitrogens with zero attached hydrogens (tertiary/aromatic N) is 2. The summed E-state index contributed by atoms with van der Waals surface area (Å²) in [7, 11) is 1.17. The van der Waals surface area contributed by atoms with E-state index in [1.165, 1.54) is 14.0 Å². The van der Waals surface area contributed by atoms with Crippen LogP contribution >= 0.6 is 11.5 Å². The molecule has 3 rings (SSSR count). The summed E-state index contributed by atoms with van der Waals surface area (Å²) in [5.41, 5.74) is 0.0165. The third kappa shape index (κ3) is 7.34. The number of methoxy groups -OCH3 is 1. The molecule has 0 bridgehead atoms. The van der Waals surface area contributed by atoms with Gasteiger partial charge in [-0.1, -0.05) is 0 Å². The minimum atomic E-state index is -0.790. The van der Waals surface area contributed by atoms with Gasteiger partial charge in [0.25, 0.3) is 0 Å². The van der Waals surface area contributed by atoms with Crippen LogP contribution in [0.4, 0.5) is 18.6 Å². The number of esters is 1. The molecule has 198 valence electrons. The summed E-state index contributed by atoms with van der Waals surface area (Å²) >= 11 is 0.810. The summed E-state index contributed by atoms with van der Waals surface area (Å²) in [6.45, 7) is 5.24. The number of piperidine rings is 1. The van der Waals surface area contributed by atoms with Crippen LogP contribution in [0, 0.1) is 18.6 Å². The Hall–Kier alpha value is -2.83. The smallest absolute Gasteiger partial charge is 0.346 e. The van der Waals surface area contributed by atoms with Crippen molar-refractivity contribution in [2.24, 2.45) is 0 Å². The Bertz CT molecular complexity index is 1070. The second-order valence-electron chi connectivity index (χ2n) is 8.83. The Labute approximate surface area is 212 Å². The lowest BCUT2D eigenvalue weighted by atomic mass is 10.0. The van der Waals surface area contributed by atoms with Crippen LogP contribution in [-0.4, -0.2) is 65.3 Å². The zero-order valence-corrected chi connectivity index (χ0v) is 21.4. The number of hydrogen-bond acceptors (Lipinski definition) is 8. The van der Waals surface area contributed by atoms with Crippen LogP contribution in [-0.2, 0) is 11.3 Å². The molecule has 3 N–H and O–H groups in total. The number of likely N-dealkylation sites (tertiary alicyclic amines) is 1. The fourth-order valence-corrected chi connectivity index (χ4v) is 4.72. The molecule has 2 heterocycles. The van der Waals surface area contributed by atoms with Crippen LogP contribution in [0.5, 0.6) is 5.88 Å². The predicted octanol–water partition coefficient (Wildman–Crippen LogP) is 3.84. The fourth-order valence-electron chi connectivity index (χ4n) is 4.00. The van der Waals surface area contributed by atoms with E-state index in [1.54, 1.807) is 0 Å². The highest BCUT2D eigenvalue weighted by Crippen LogP contribution is 2.32. The number of hydrogen-bond donors (Lipinski definition) is 3. The van der Waals surface area contributed by atoms with Crippen molar-refractivity contribution in [2.45, 2.75) is 58.3 Å². The van der Waals surface area contributed by atoms with Crippen LogP contribution in [0.3, 0.4) is 0 Å². The minimum absolute atomic E-state index is 0.0394. The van der Waals surface area contributed by atoms with Crippen LogP contribution < -0.4 is 15.4 Å². The summed E-state index contributed by atoms with van der Waals surface area (Å²) in [5.74, 6) is -2.17. The average molecular weight is 527 g/mol. The number of benzene rings is 1. The summed E-state index contributed by atoms with van der Waals surface area (Å²) < 4.78 is 42.2. The second kappa shape index (κ2) is 12.9. The molecule has 1 aliphatic rings. The number of aliphatic hydroxyl groups excluding tert-OH is 1. The van der Waals surface area contributed by atoms with Crippen LogP contribution in [0.15, 0.2) is 12.1 Å². The van der Waals surface area contributed by atoms with Gasteiger partial charge in [0.1, 0.15) is 23.2 Å². The fraction of sp³-hybridized carbons (Fsp3) is 0.542. The Morgan fingerprint density at radius 2 is 2.11 bits per heavy atom.